The van der Waals surface area contributed by atoms with Crippen LogP contribution in [0.3, 0.4) is 0 Å². The van der Waals surface area contributed by atoms with Gasteiger partial charge in [0, 0.05) is 35.9 Å². The smallest absolute Gasteiger partial charge is 0.0894 e. The second-order valence-electron chi connectivity index (χ2n) is 2.32. The lowest BCUT2D eigenvalue weighted by Gasteiger charge is -2.07. The van der Waals surface area contributed by atoms with E-state index in [1.54, 1.807) is 6.26 Å². The number of nitrogens with one attached hydrogen (secondary N) is 1. The van der Waals surface area contributed by atoms with Crippen LogP contribution in [0, 0.1) is 0 Å². The van der Waals surface area contributed by atoms with E-state index in [-0.39, 0.29) is 6.61 Å². The van der Waals surface area contributed by atoms with Gasteiger partial charge in [0.2, 0.25) is 0 Å². The van der Waals surface area contributed by atoms with Crippen LogP contribution in [-0.4, -0.2) is 52.2 Å². The molecule has 2 atom stereocenters. The summed E-state index contributed by atoms with van der Waals surface area (Å²) in [7, 11) is -0.789. The van der Waals surface area contributed by atoms with Gasteiger partial charge in [-0.2, -0.15) is 0 Å². The zero-order chi connectivity index (χ0) is 8.69. The van der Waals surface area contributed by atoms with Crippen LogP contribution in [0.5, 0.6) is 0 Å². The summed E-state index contributed by atoms with van der Waals surface area (Å²) in [5, 5.41) is 20.1. The molecule has 0 aliphatic heterocycles. The Balaban J connectivity index is 3.08. The Morgan fingerprint density at radius 3 is 2.73 bits per heavy atom. The van der Waals surface area contributed by atoms with Gasteiger partial charge in [-0.05, 0) is 0 Å². The summed E-state index contributed by atoms with van der Waals surface area (Å²) in [5.41, 5.74) is 0. The van der Waals surface area contributed by atoms with Crippen molar-refractivity contribution >= 4 is 10.8 Å². The molecule has 0 amide bonds. The molecular formula is C6H15NO3S. The third kappa shape index (κ3) is 7.93. The minimum atomic E-state index is -0.789. The molecular weight excluding hydrogens is 166 g/mol. The standard InChI is InChI=1S/C6H15NO3S/c1-11(10)3-2-7-4-6(9)5-8/h6-9H,2-5H2,1H3. The Kier molecular flexibility index (Phi) is 6.74. The number of hydrogen-bond donors (Lipinski definition) is 3. The monoisotopic (exact) mass is 181 g/mol. The number of rotatable bonds is 6. The molecule has 0 aromatic carbocycles. The molecule has 5 heteroatoms. The summed E-state index contributed by atoms with van der Waals surface area (Å²) in [6, 6.07) is 0. The minimum absolute atomic E-state index is 0.234. The fourth-order valence-corrected chi connectivity index (χ4v) is 0.981. The third-order valence-electron chi connectivity index (χ3n) is 1.16. The zero-order valence-corrected chi connectivity index (χ0v) is 7.43. The van der Waals surface area contributed by atoms with Gasteiger partial charge in [-0.25, -0.2) is 0 Å². The van der Waals surface area contributed by atoms with Crippen LogP contribution in [0.2, 0.25) is 0 Å². The lowest BCUT2D eigenvalue weighted by atomic mass is 10.4. The van der Waals surface area contributed by atoms with Crippen molar-refractivity contribution in [1.29, 1.82) is 0 Å². The van der Waals surface area contributed by atoms with Gasteiger partial charge < -0.3 is 15.5 Å². The first-order valence-corrected chi connectivity index (χ1v) is 5.19. The number of hydrogen-bond acceptors (Lipinski definition) is 4. The molecule has 0 rings (SSSR count). The molecule has 0 aromatic rings. The van der Waals surface area contributed by atoms with Gasteiger partial charge in [-0.3, -0.25) is 4.21 Å². The Bertz CT molecular complexity index is 120. The van der Waals surface area contributed by atoms with Gasteiger partial charge in [0.05, 0.1) is 12.7 Å². The minimum Gasteiger partial charge on any atom is -0.394 e. The molecule has 0 heterocycles. The highest BCUT2D eigenvalue weighted by atomic mass is 32.2. The van der Waals surface area contributed by atoms with E-state index < -0.39 is 16.9 Å². The fourth-order valence-electron chi connectivity index (χ4n) is 0.549. The highest BCUT2D eigenvalue weighted by molar-refractivity contribution is 7.84. The Morgan fingerprint density at radius 1 is 1.64 bits per heavy atom. The van der Waals surface area contributed by atoms with Crippen LogP contribution in [0.1, 0.15) is 0 Å². The van der Waals surface area contributed by atoms with Crippen molar-refractivity contribution in [3.8, 4) is 0 Å². The molecule has 0 aliphatic rings. The van der Waals surface area contributed by atoms with Crippen molar-refractivity contribution in [2.45, 2.75) is 6.10 Å². The van der Waals surface area contributed by atoms with E-state index in [4.69, 9.17) is 10.2 Å². The van der Waals surface area contributed by atoms with Crippen molar-refractivity contribution in [1.82, 2.24) is 5.32 Å². The second-order valence-corrected chi connectivity index (χ2v) is 3.87. The summed E-state index contributed by atoms with van der Waals surface area (Å²) in [5.74, 6) is 0.581. The third-order valence-corrected chi connectivity index (χ3v) is 1.94. The SMILES string of the molecule is CS(=O)CCNCC(O)CO. The first kappa shape index (κ1) is 11.0. The van der Waals surface area contributed by atoms with Gasteiger partial charge in [0.15, 0.2) is 0 Å². The maximum absolute atomic E-state index is 10.5. The molecule has 3 N–H and O–H groups in total. The van der Waals surface area contributed by atoms with Gasteiger partial charge in [-0.1, -0.05) is 0 Å². The van der Waals surface area contributed by atoms with Crippen LogP contribution < -0.4 is 5.32 Å². The summed E-state index contributed by atoms with van der Waals surface area (Å²) in [4.78, 5) is 0. The molecule has 0 bridgehead atoms. The van der Waals surface area contributed by atoms with Crippen molar-refractivity contribution < 1.29 is 14.4 Å². The van der Waals surface area contributed by atoms with Gasteiger partial charge in [-0.15, -0.1) is 0 Å². The maximum Gasteiger partial charge on any atom is 0.0894 e. The molecule has 0 radical (unpaired) electrons. The van der Waals surface area contributed by atoms with E-state index in [1.807, 2.05) is 0 Å². The Hall–Kier alpha value is 0.0300. The molecule has 0 spiro atoms. The molecule has 0 saturated carbocycles. The molecule has 0 aromatic heterocycles. The van der Waals surface area contributed by atoms with E-state index in [9.17, 15) is 4.21 Å². The topological polar surface area (TPSA) is 69.6 Å². The predicted octanol–water partition coefficient (Wildman–Crippen LogP) is -1.69. The van der Waals surface area contributed by atoms with E-state index in [0.29, 0.717) is 18.8 Å². The lowest BCUT2D eigenvalue weighted by molar-refractivity contribution is 0.0950. The fraction of sp³-hybridized carbons (Fsp3) is 1.00. The average molecular weight is 181 g/mol. The molecule has 0 aliphatic carbocycles. The average Bonchev–Trinajstić information content (AvgIpc) is 1.97. The van der Waals surface area contributed by atoms with Crippen molar-refractivity contribution in [3.63, 3.8) is 0 Å². The quantitative estimate of drug-likeness (QED) is 0.428. The van der Waals surface area contributed by atoms with E-state index in [0.717, 1.165) is 0 Å². The maximum atomic E-state index is 10.5. The highest BCUT2D eigenvalue weighted by Crippen LogP contribution is 1.77. The predicted molar refractivity (Wildman–Crippen MR) is 44.9 cm³/mol. The number of aliphatic hydroxyl groups is 2. The first-order valence-electron chi connectivity index (χ1n) is 3.46. The molecule has 68 valence electrons. The second kappa shape index (κ2) is 6.72. The van der Waals surface area contributed by atoms with Crippen molar-refractivity contribution in [3.05, 3.63) is 0 Å². The first-order chi connectivity index (χ1) is 5.16. The van der Waals surface area contributed by atoms with Crippen molar-refractivity contribution in [2.75, 3.05) is 31.7 Å². The van der Waals surface area contributed by atoms with Crippen LogP contribution >= 0.6 is 0 Å². The van der Waals surface area contributed by atoms with Crippen LogP contribution in [0.25, 0.3) is 0 Å². The zero-order valence-electron chi connectivity index (χ0n) is 6.62. The van der Waals surface area contributed by atoms with E-state index in [1.165, 1.54) is 0 Å². The lowest BCUT2D eigenvalue weighted by Crippen LogP contribution is -2.31. The largest absolute Gasteiger partial charge is 0.394 e. The normalized spacial score (nSPS) is 16.3. The van der Waals surface area contributed by atoms with Crippen LogP contribution in [-0.2, 0) is 10.8 Å². The van der Waals surface area contributed by atoms with Gasteiger partial charge in [0.1, 0.15) is 0 Å². The van der Waals surface area contributed by atoms with Gasteiger partial charge in [0.25, 0.3) is 0 Å². The highest BCUT2D eigenvalue weighted by Gasteiger charge is 1.99. The molecule has 0 fully saturated rings. The summed E-state index contributed by atoms with van der Waals surface area (Å²) in [6.45, 7) is 0.732. The molecule has 2 unspecified atom stereocenters. The molecule has 0 saturated heterocycles. The Morgan fingerprint density at radius 2 is 2.27 bits per heavy atom. The van der Waals surface area contributed by atoms with E-state index >= 15 is 0 Å². The summed E-state index contributed by atoms with van der Waals surface area (Å²) < 4.78 is 10.5. The van der Waals surface area contributed by atoms with Crippen LogP contribution in [0.15, 0.2) is 0 Å². The molecule has 4 nitrogen and oxygen atoms in total. The summed E-state index contributed by atoms with van der Waals surface area (Å²) in [6.07, 6.45) is 0.921. The molecule has 11 heavy (non-hydrogen) atoms. The van der Waals surface area contributed by atoms with E-state index in [2.05, 4.69) is 5.32 Å². The number of aliphatic hydroxyl groups excluding tert-OH is 2. The Labute approximate surface area is 69.1 Å². The van der Waals surface area contributed by atoms with Gasteiger partial charge >= 0.3 is 0 Å². The summed E-state index contributed by atoms with van der Waals surface area (Å²) >= 11 is 0. The van der Waals surface area contributed by atoms with Crippen LogP contribution in [0.4, 0.5) is 0 Å². The van der Waals surface area contributed by atoms with Crippen molar-refractivity contribution in [2.24, 2.45) is 0 Å².